The van der Waals surface area contributed by atoms with E-state index in [1.54, 1.807) is 6.92 Å². The summed E-state index contributed by atoms with van der Waals surface area (Å²) in [6.07, 6.45) is 3.96. The quantitative estimate of drug-likeness (QED) is 0.913. The van der Waals surface area contributed by atoms with Crippen LogP contribution < -0.4 is 5.32 Å². The van der Waals surface area contributed by atoms with Gasteiger partial charge in [0.1, 0.15) is 4.88 Å². The number of aromatic nitrogens is 1. The summed E-state index contributed by atoms with van der Waals surface area (Å²) in [4.78, 5) is 17.5. The molecule has 116 valence electrons. The average molecular weight is 328 g/mol. The number of hydrogen-bond donors (Lipinski definition) is 1. The van der Waals surface area contributed by atoms with Crippen LogP contribution in [0.15, 0.2) is 0 Å². The maximum absolute atomic E-state index is 12.4. The van der Waals surface area contributed by atoms with Crippen molar-refractivity contribution in [3.63, 3.8) is 0 Å². The number of thiazole rings is 1. The number of sulfone groups is 1. The highest BCUT2D eigenvalue weighted by molar-refractivity contribution is 7.91. The first-order valence-corrected chi connectivity index (χ1v) is 9.89. The minimum Gasteiger partial charge on any atom is -0.345 e. The Morgan fingerprint density at radius 2 is 2.19 bits per heavy atom. The van der Waals surface area contributed by atoms with E-state index in [4.69, 9.17) is 0 Å². The molecular formula is C14H20N2O3S2. The Morgan fingerprint density at radius 3 is 2.76 bits per heavy atom. The van der Waals surface area contributed by atoms with Gasteiger partial charge >= 0.3 is 0 Å². The van der Waals surface area contributed by atoms with Crippen molar-refractivity contribution in [3.8, 4) is 0 Å². The number of nitrogens with one attached hydrogen (secondary N) is 1. The highest BCUT2D eigenvalue weighted by atomic mass is 32.2. The molecule has 1 saturated carbocycles. The van der Waals surface area contributed by atoms with E-state index in [2.05, 4.69) is 10.3 Å². The van der Waals surface area contributed by atoms with E-state index in [9.17, 15) is 13.2 Å². The number of nitrogens with zero attached hydrogens (tertiary/aromatic N) is 1. The molecular weight excluding hydrogens is 308 g/mol. The van der Waals surface area contributed by atoms with Crippen LogP contribution in [-0.2, 0) is 16.3 Å². The standard InChI is InChI=1S/C14H20N2O3S2/c1-9-12(20-11(15-9)7-10-3-4-10)13(17)16-14(2)5-6-21(18,19)8-14/h10H,3-8H2,1-2H3,(H,16,17)/t14-/m0/s1. The van der Waals surface area contributed by atoms with Crippen molar-refractivity contribution in [2.24, 2.45) is 5.92 Å². The molecule has 1 amide bonds. The third kappa shape index (κ3) is 3.45. The van der Waals surface area contributed by atoms with E-state index in [0.717, 1.165) is 23.0 Å². The lowest BCUT2D eigenvalue weighted by molar-refractivity contribution is 0.0919. The third-order valence-electron chi connectivity index (χ3n) is 4.13. The second-order valence-corrected chi connectivity index (χ2v) is 9.79. The minimum atomic E-state index is -3.02. The third-order valence-corrected chi connectivity index (χ3v) is 7.21. The summed E-state index contributed by atoms with van der Waals surface area (Å²) >= 11 is 1.45. The summed E-state index contributed by atoms with van der Waals surface area (Å²) in [5.41, 5.74) is 0.0980. The zero-order valence-electron chi connectivity index (χ0n) is 12.3. The van der Waals surface area contributed by atoms with Crippen LogP contribution in [0.2, 0.25) is 0 Å². The molecule has 0 bridgehead atoms. The lowest BCUT2D eigenvalue weighted by Crippen LogP contribution is -2.46. The summed E-state index contributed by atoms with van der Waals surface area (Å²) in [6, 6.07) is 0. The monoisotopic (exact) mass is 328 g/mol. The molecule has 3 rings (SSSR count). The number of hydrogen-bond acceptors (Lipinski definition) is 5. The summed E-state index contributed by atoms with van der Waals surface area (Å²) in [5.74, 6) is 0.729. The van der Waals surface area contributed by atoms with Gasteiger partial charge < -0.3 is 5.32 Å². The number of amides is 1. The lowest BCUT2D eigenvalue weighted by Gasteiger charge is -2.23. The first kappa shape index (κ1) is 15.0. The molecule has 7 heteroatoms. The maximum atomic E-state index is 12.4. The van der Waals surface area contributed by atoms with Crippen molar-refractivity contribution in [2.75, 3.05) is 11.5 Å². The molecule has 0 spiro atoms. The van der Waals surface area contributed by atoms with Crippen molar-refractivity contribution in [3.05, 3.63) is 15.6 Å². The Morgan fingerprint density at radius 1 is 1.48 bits per heavy atom. The summed E-state index contributed by atoms with van der Waals surface area (Å²) in [6.45, 7) is 3.65. The van der Waals surface area contributed by atoms with Crippen LogP contribution in [0.1, 0.15) is 46.6 Å². The molecule has 1 aliphatic carbocycles. The molecule has 0 radical (unpaired) electrons. The molecule has 1 aromatic rings. The van der Waals surface area contributed by atoms with Crippen LogP contribution in [-0.4, -0.2) is 36.4 Å². The molecule has 2 heterocycles. The van der Waals surface area contributed by atoms with Gasteiger partial charge in [-0.1, -0.05) is 0 Å². The smallest absolute Gasteiger partial charge is 0.263 e. The molecule has 1 N–H and O–H groups in total. The summed E-state index contributed by atoms with van der Waals surface area (Å²) in [5, 5.41) is 3.92. The topological polar surface area (TPSA) is 76.1 Å². The van der Waals surface area contributed by atoms with Crippen molar-refractivity contribution in [1.82, 2.24) is 10.3 Å². The lowest BCUT2D eigenvalue weighted by atomic mass is 10.0. The van der Waals surface area contributed by atoms with Crippen LogP contribution >= 0.6 is 11.3 Å². The molecule has 21 heavy (non-hydrogen) atoms. The first-order chi connectivity index (χ1) is 9.76. The van der Waals surface area contributed by atoms with E-state index in [1.165, 1.54) is 24.2 Å². The molecule has 2 fully saturated rings. The Kier molecular flexibility index (Phi) is 3.60. The number of rotatable bonds is 4. The van der Waals surface area contributed by atoms with Crippen LogP contribution in [0.5, 0.6) is 0 Å². The fourth-order valence-corrected chi connectivity index (χ4v) is 5.93. The van der Waals surface area contributed by atoms with Crippen molar-refractivity contribution in [1.29, 1.82) is 0 Å². The Hall–Kier alpha value is -0.950. The highest BCUT2D eigenvalue weighted by Gasteiger charge is 2.40. The van der Waals surface area contributed by atoms with Gasteiger partial charge in [0, 0.05) is 6.42 Å². The second-order valence-electron chi connectivity index (χ2n) is 6.53. The van der Waals surface area contributed by atoms with E-state index >= 15 is 0 Å². The number of carbonyl (C=O) groups is 1. The number of carbonyl (C=O) groups excluding carboxylic acids is 1. The number of aryl methyl sites for hydroxylation is 1. The molecule has 5 nitrogen and oxygen atoms in total. The van der Waals surface area contributed by atoms with Gasteiger partial charge in [-0.2, -0.15) is 0 Å². The van der Waals surface area contributed by atoms with Crippen LogP contribution in [0, 0.1) is 12.8 Å². The van der Waals surface area contributed by atoms with E-state index in [1.807, 2.05) is 6.92 Å². The van der Waals surface area contributed by atoms with Crippen molar-refractivity contribution < 1.29 is 13.2 Å². The van der Waals surface area contributed by atoms with Gasteiger partial charge in [0.25, 0.3) is 5.91 Å². The van der Waals surface area contributed by atoms with Gasteiger partial charge in [0.05, 0.1) is 27.7 Å². The predicted molar refractivity (Wildman–Crippen MR) is 82.4 cm³/mol. The summed E-state index contributed by atoms with van der Waals surface area (Å²) in [7, 11) is -3.02. The van der Waals surface area contributed by atoms with Gasteiger partial charge in [0.15, 0.2) is 9.84 Å². The highest BCUT2D eigenvalue weighted by Crippen LogP contribution is 2.34. The fraction of sp³-hybridized carbons (Fsp3) is 0.714. The van der Waals surface area contributed by atoms with Crippen molar-refractivity contribution in [2.45, 2.75) is 45.1 Å². The largest absolute Gasteiger partial charge is 0.345 e. The average Bonchev–Trinajstić information content (AvgIpc) is 3.01. The fourth-order valence-electron chi connectivity index (χ4n) is 2.76. The molecule has 0 aromatic carbocycles. The molecule has 1 aromatic heterocycles. The van der Waals surface area contributed by atoms with E-state index < -0.39 is 15.4 Å². The normalized spacial score (nSPS) is 27.7. The Balaban J connectivity index is 1.71. The van der Waals surface area contributed by atoms with Crippen LogP contribution in [0.25, 0.3) is 0 Å². The van der Waals surface area contributed by atoms with Gasteiger partial charge in [-0.15, -0.1) is 11.3 Å². The molecule has 1 aliphatic heterocycles. The Labute approximate surface area is 129 Å². The maximum Gasteiger partial charge on any atom is 0.263 e. The minimum absolute atomic E-state index is 0.0263. The Bertz CT molecular complexity index is 676. The van der Waals surface area contributed by atoms with Gasteiger partial charge in [-0.25, -0.2) is 13.4 Å². The zero-order chi connectivity index (χ0) is 15.3. The van der Waals surface area contributed by atoms with Gasteiger partial charge in [-0.05, 0) is 39.0 Å². The predicted octanol–water partition coefficient (Wildman–Crippen LogP) is 1.71. The van der Waals surface area contributed by atoms with Crippen LogP contribution in [0.4, 0.5) is 0 Å². The van der Waals surface area contributed by atoms with Gasteiger partial charge in [-0.3, -0.25) is 4.79 Å². The molecule has 2 aliphatic rings. The van der Waals surface area contributed by atoms with Crippen LogP contribution in [0.3, 0.4) is 0 Å². The summed E-state index contributed by atoms with van der Waals surface area (Å²) < 4.78 is 23.2. The SMILES string of the molecule is Cc1nc(CC2CC2)sc1C(=O)N[C@@]1(C)CCS(=O)(=O)C1. The van der Waals surface area contributed by atoms with E-state index in [0.29, 0.717) is 11.3 Å². The van der Waals surface area contributed by atoms with Gasteiger partial charge in [0.2, 0.25) is 0 Å². The zero-order valence-corrected chi connectivity index (χ0v) is 13.9. The van der Waals surface area contributed by atoms with Crippen molar-refractivity contribution >= 4 is 27.1 Å². The molecule has 1 atom stereocenters. The van der Waals surface area contributed by atoms with E-state index in [-0.39, 0.29) is 17.4 Å². The molecule has 1 saturated heterocycles. The molecule has 0 unspecified atom stereocenters. The second kappa shape index (κ2) is 5.05. The first-order valence-electron chi connectivity index (χ1n) is 7.26.